The van der Waals surface area contributed by atoms with E-state index in [2.05, 4.69) is 37.1 Å². The highest BCUT2D eigenvalue weighted by Gasteiger charge is 2.72. The molecule has 0 unspecified atom stereocenters. The molecular weight excluding hydrogens is 460 g/mol. The van der Waals surface area contributed by atoms with Crippen molar-refractivity contribution in [2.45, 2.75) is 96.2 Å². The van der Waals surface area contributed by atoms with Gasteiger partial charge in [0.25, 0.3) is 0 Å². The maximum absolute atomic E-state index is 13.1. The van der Waals surface area contributed by atoms with Crippen molar-refractivity contribution in [1.29, 1.82) is 0 Å². The lowest BCUT2D eigenvalue weighted by atomic mass is 9.68. The van der Waals surface area contributed by atoms with E-state index in [0.29, 0.717) is 19.6 Å². The molecule has 8 heteroatoms. The van der Waals surface area contributed by atoms with E-state index >= 15 is 0 Å². The Balaban J connectivity index is 1.62. The summed E-state index contributed by atoms with van der Waals surface area (Å²) in [6, 6.07) is 0. The molecule has 1 saturated carbocycles. The number of carbonyl (C=O) groups is 2. The summed E-state index contributed by atoms with van der Waals surface area (Å²) in [5.74, 6) is -0.844. The Hall–Kier alpha value is -1.48. The van der Waals surface area contributed by atoms with Crippen LogP contribution in [0.4, 0.5) is 0 Å². The molecule has 1 aliphatic carbocycles. The zero-order valence-corrected chi connectivity index (χ0v) is 23.6. The number of methoxy groups -OCH3 is 1. The van der Waals surface area contributed by atoms with Crippen LogP contribution < -0.4 is 5.32 Å². The zero-order chi connectivity index (χ0) is 26.7. The minimum absolute atomic E-state index is 0.0157. The molecule has 0 radical (unpaired) electrons. The summed E-state index contributed by atoms with van der Waals surface area (Å²) in [7, 11) is 5.69. The van der Waals surface area contributed by atoms with Gasteiger partial charge in [0, 0.05) is 13.7 Å². The van der Waals surface area contributed by atoms with Crippen LogP contribution in [-0.4, -0.2) is 87.2 Å². The van der Waals surface area contributed by atoms with Crippen LogP contribution in [0.3, 0.4) is 0 Å². The second kappa shape index (κ2) is 11.9. The Bertz CT molecular complexity index is 804. The van der Waals surface area contributed by atoms with Crippen molar-refractivity contribution in [2.75, 3.05) is 40.9 Å². The van der Waals surface area contributed by atoms with E-state index in [4.69, 9.17) is 18.9 Å². The van der Waals surface area contributed by atoms with Crippen LogP contribution in [0.25, 0.3) is 0 Å². The number of nitrogens with zero attached hydrogens (tertiary/aromatic N) is 1. The minimum Gasteiger partial charge on any atom is -0.460 e. The number of carbonyl (C=O) groups excluding carboxylic acids is 2. The Morgan fingerprint density at radius 2 is 1.94 bits per heavy atom. The van der Waals surface area contributed by atoms with Crippen LogP contribution in [0.15, 0.2) is 11.6 Å². The van der Waals surface area contributed by atoms with E-state index in [9.17, 15) is 9.59 Å². The van der Waals surface area contributed by atoms with Crippen LogP contribution in [0, 0.1) is 17.8 Å². The number of nitrogens with one attached hydrogen (secondary N) is 1. The molecule has 2 heterocycles. The number of epoxide rings is 2. The van der Waals surface area contributed by atoms with E-state index in [0.717, 1.165) is 25.8 Å². The second-order valence-electron chi connectivity index (χ2n) is 11.9. The number of rotatable bonds is 13. The molecule has 0 aromatic carbocycles. The van der Waals surface area contributed by atoms with Crippen LogP contribution >= 0.6 is 0 Å². The van der Waals surface area contributed by atoms with E-state index in [-0.39, 0.29) is 59.6 Å². The summed E-state index contributed by atoms with van der Waals surface area (Å²) in [6.07, 6.45) is 4.88. The summed E-state index contributed by atoms with van der Waals surface area (Å²) in [6.45, 7) is 12.4. The second-order valence-corrected chi connectivity index (χ2v) is 11.9. The fraction of sp³-hybridized carbons (Fsp3) is 0.857. The highest BCUT2D eigenvalue weighted by atomic mass is 16.6. The van der Waals surface area contributed by atoms with Gasteiger partial charge in [0.05, 0.1) is 31.0 Å². The molecular formula is C28H48N2O6. The molecule has 7 atom stereocenters. The molecule has 2 saturated heterocycles. The van der Waals surface area contributed by atoms with Gasteiger partial charge in [0.2, 0.25) is 5.91 Å². The lowest BCUT2D eigenvalue weighted by Gasteiger charge is -2.42. The first kappa shape index (κ1) is 29.1. The molecule has 3 aliphatic rings. The lowest BCUT2D eigenvalue weighted by Crippen LogP contribution is -2.55. The lowest BCUT2D eigenvalue weighted by molar-refractivity contribution is -0.173. The number of ether oxygens (including phenoxy) is 4. The van der Waals surface area contributed by atoms with E-state index in [1.54, 1.807) is 7.11 Å². The molecule has 0 bridgehead atoms. The molecule has 8 nitrogen and oxygen atoms in total. The number of hydrogen-bond acceptors (Lipinski definition) is 7. The summed E-state index contributed by atoms with van der Waals surface area (Å²) in [5, 5.41) is 2.99. The summed E-state index contributed by atoms with van der Waals surface area (Å²) >= 11 is 0. The predicted molar refractivity (Wildman–Crippen MR) is 139 cm³/mol. The third-order valence-electron chi connectivity index (χ3n) is 8.13. The SMILES string of the molecule is CO[C@@H]1[C@H](OC(=O)C[C@@H](C(=O)NCCCN(C)C)C(C)C)CC[C@]2(CO2)[C@H]1[C@@]1(C)O[C@@H]1CC=C(C)C. The molecule has 0 aromatic rings. The smallest absolute Gasteiger partial charge is 0.306 e. The van der Waals surface area contributed by atoms with Gasteiger partial charge in [-0.1, -0.05) is 25.5 Å². The number of hydrogen-bond donors (Lipinski definition) is 1. The van der Waals surface area contributed by atoms with Crippen LogP contribution in [0.2, 0.25) is 0 Å². The zero-order valence-electron chi connectivity index (χ0n) is 23.6. The molecule has 3 rings (SSSR count). The third-order valence-corrected chi connectivity index (χ3v) is 8.13. The van der Waals surface area contributed by atoms with Crippen molar-refractivity contribution in [2.24, 2.45) is 17.8 Å². The summed E-state index contributed by atoms with van der Waals surface area (Å²) in [5.41, 5.74) is 0.636. The van der Waals surface area contributed by atoms with Gasteiger partial charge in [-0.05, 0) is 73.0 Å². The average molecular weight is 509 g/mol. The molecule has 1 N–H and O–H groups in total. The van der Waals surface area contributed by atoms with Crippen LogP contribution in [0.5, 0.6) is 0 Å². The first-order chi connectivity index (χ1) is 16.9. The first-order valence-electron chi connectivity index (χ1n) is 13.5. The summed E-state index contributed by atoms with van der Waals surface area (Å²) in [4.78, 5) is 28.0. The Morgan fingerprint density at radius 1 is 1.25 bits per heavy atom. The molecule has 1 spiro atoms. The van der Waals surface area contributed by atoms with Gasteiger partial charge in [-0.25, -0.2) is 0 Å². The molecule has 0 aromatic heterocycles. The minimum atomic E-state index is -0.423. The highest BCUT2D eigenvalue weighted by Crippen LogP contribution is 2.59. The monoisotopic (exact) mass is 508 g/mol. The Kier molecular flexibility index (Phi) is 9.63. The van der Waals surface area contributed by atoms with Crippen LogP contribution in [0.1, 0.15) is 66.7 Å². The van der Waals surface area contributed by atoms with E-state index in [1.165, 1.54) is 5.57 Å². The van der Waals surface area contributed by atoms with Crippen molar-refractivity contribution in [3.05, 3.63) is 11.6 Å². The highest BCUT2D eigenvalue weighted by molar-refractivity contribution is 5.84. The van der Waals surface area contributed by atoms with E-state index < -0.39 is 5.92 Å². The van der Waals surface area contributed by atoms with Crippen LogP contribution in [-0.2, 0) is 28.5 Å². The van der Waals surface area contributed by atoms with Crippen molar-refractivity contribution >= 4 is 11.9 Å². The third kappa shape index (κ3) is 6.88. The topological polar surface area (TPSA) is 92.9 Å². The maximum Gasteiger partial charge on any atom is 0.306 e. The van der Waals surface area contributed by atoms with Crippen molar-refractivity contribution in [3.63, 3.8) is 0 Å². The van der Waals surface area contributed by atoms with Crippen molar-refractivity contribution in [3.8, 4) is 0 Å². The quantitative estimate of drug-likeness (QED) is 0.177. The fourth-order valence-corrected chi connectivity index (χ4v) is 5.84. The van der Waals surface area contributed by atoms with Gasteiger partial charge < -0.3 is 29.2 Å². The van der Waals surface area contributed by atoms with Gasteiger partial charge in [0.15, 0.2) is 0 Å². The van der Waals surface area contributed by atoms with Gasteiger partial charge in [-0.3, -0.25) is 9.59 Å². The Labute approximate surface area is 217 Å². The normalized spacial score (nSPS) is 33.9. The molecule has 2 aliphatic heterocycles. The van der Waals surface area contributed by atoms with Gasteiger partial charge in [0.1, 0.15) is 23.4 Å². The first-order valence-corrected chi connectivity index (χ1v) is 13.5. The van der Waals surface area contributed by atoms with Gasteiger partial charge in [-0.15, -0.1) is 0 Å². The van der Waals surface area contributed by atoms with Gasteiger partial charge in [-0.2, -0.15) is 0 Å². The molecule has 3 fully saturated rings. The maximum atomic E-state index is 13.1. The number of allylic oxidation sites excluding steroid dienone is 1. The fourth-order valence-electron chi connectivity index (χ4n) is 5.84. The molecule has 1 amide bonds. The van der Waals surface area contributed by atoms with Crippen molar-refractivity contribution < 1.29 is 28.5 Å². The van der Waals surface area contributed by atoms with E-state index in [1.807, 2.05) is 27.9 Å². The average Bonchev–Trinajstić information content (AvgIpc) is 3.71. The summed E-state index contributed by atoms with van der Waals surface area (Å²) < 4.78 is 24.2. The molecule has 206 valence electrons. The standard InChI is InChI=1S/C28H48N2O6/c1-18(2)10-11-22-27(5,36-22)25-24(33-8)21(12-13-28(25)17-34-28)35-23(31)16-20(19(3)4)26(32)29-14-9-15-30(6)7/h10,19-22,24-25H,9,11-17H2,1-8H3,(H,29,32)/t20-,21-,22-,24-,25-,27+,28+/m1/s1. The number of esters is 1. The predicted octanol–water partition coefficient (Wildman–Crippen LogP) is 3.34. The Morgan fingerprint density at radius 3 is 2.50 bits per heavy atom. The largest absolute Gasteiger partial charge is 0.460 e. The number of amides is 1. The molecule has 36 heavy (non-hydrogen) atoms. The van der Waals surface area contributed by atoms with Crippen molar-refractivity contribution in [1.82, 2.24) is 10.2 Å². The van der Waals surface area contributed by atoms with Gasteiger partial charge >= 0.3 is 5.97 Å².